The SMILES string of the molecule is Cc1ccc(C(=O)N[C@@H](Sc2ccccc2)C(Cl)(Cl)Cl)cc1. The number of hydrogen-bond acceptors (Lipinski definition) is 2. The summed E-state index contributed by atoms with van der Waals surface area (Å²) in [5.74, 6) is -0.278. The Bertz CT molecular complexity index is 626. The van der Waals surface area contributed by atoms with Crippen molar-refractivity contribution in [1.29, 1.82) is 0 Å². The largest absolute Gasteiger partial charge is 0.336 e. The summed E-state index contributed by atoms with van der Waals surface area (Å²) in [6, 6.07) is 16.7. The second kappa shape index (κ2) is 7.60. The maximum absolute atomic E-state index is 12.3. The Kier molecular flexibility index (Phi) is 6.04. The van der Waals surface area contributed by atoms with Crippen LogP contribution < -0.4 is 5.32 Å². The molecule has 1 amide bonds. The Morgan fingerprint density at radius 2 is 1.64 bits per heavy atom. The number of thioether (sulfide) groups is 1. The first-order chi connectivity index (χ1) is 10.4. The second-order valence-electron chi connectivity index (χ2n) is 4.69. The zero-order chi connectivity index (χ0) is 16.2. The van der Waals surface area contributed by atoms with Crippen LogP contribution in [0.4, 0.5) is 0 Å². The van der Waals surface area contributed by atoms with E-state index in [9.17, 15) is 4.79 Å². The van der Waals surface area contributed by atoms with E-state index in [1.165, 1.54) is 11.8 Å². The molecule has 0 bridgehead atoms. The van der Waals surface area contributed by atoms with Gasteiger partial charge in [0, 0.05) is 10.5 Å². The average Bonchev–Trinajstić information content (AvgIpc) is 2.47. The monoisotopic (exact) mass is 373 g/mol. The molecule has 2 aromatic carbocycles. The molecule has 0 heterocycles. The first-order valence-electron chi connectivity index (χ1n) is 6.52. The topological polar surface area (TPSA) is 29.1 Å². The van der Waals surface area contributed by atoms with Crippen LogP contribution in [0.25, 0.3) is 0 Å². The smallest absolute Gasteiger partial charge is 0.252 e. The number of aryl methyl sites for hydroxylation is 1. The lowest BCUT2D eigenvalue weighted by Crippen LogP contribution is -2.41. The zero-order valence-electron chi connectivity index (χ0n) is 11.7. The molecule has 0 saturated carbocycles. The van der Waals surface area contributed by atoms with Gasteiger partial charge in [-0.25, -0.2) is 0 Å². The predicted molar refractivity (Wildman–Crippen MR) is 95.0 cm³/mol. The number of alkyl halides is 3. The third kappa shape index (κ3) is 5.10. The molecule has 0 saturated heterocycles. The van der Waals surface area contributed by atoms with Crippen LogP contribution in [-0.4, -0.2) is 15.1 Å². The molecule has 2 nitrogen and oxygen atoms in total. The molecular weight excluding hydrogens is 361 g/mol. The number of carbonyl (C=O) groups is 1. The Hall–Kier alpha value is -0.870. The number of rotatable bonds is 4. The van der Waals surface area contributed by atoms with E-state index in [1.807, 2.05) is 49.4 Å². The van der Waals surface area contributed by atoms with Crippen molar-refractivity contribution in [2.45, 2.75) is 21.0 Å². The number of amides is 1. The highest BCUT2D eigenvalue weighted by Crippen LogP contribution is 2.39. The lowest BCUT2D eigenvalue weighted by Gasteiger charge is -2.25. The maximum atomic E-state index is 12.3. The van der Waals surface area contributed by atoms with Gasteiger partial charge in [0.25, 0.3) is 5.91 Å². The molecule has 0 spiro atoms. The van der Waals surface area contributed by atoms with E-state index in [2.05, 4.69) is 5.32 Å². The predicted octanol–water partition coefficient (Wildman–Crippen LogP) is 5.21. The molecule has 0 aromatic heterocycles. The van der Waals surface area contributed by atoms with E-state index < -0.39 is 9.17 Å². The van der Waals surface area contributed by atoms with E-state index in [4.69, 9.17) is 34.8 Å². The quantitative estimate of drug-likeness (QED) is 0.452. The van der Waals surface area contributed by atoms with Crippen LogP contribution >= 0.6 is 46.6 Å². The summed E-state index contributed by atoms with van der Waals surface area (Å²) < 4.78 is -1.62. The van der Waals surface area contributed by atoms with Crippen molar-refractivity contribution in [3.8, 4) is 0 Å². The standard InChI is InChI=1S/C16H14Cl3NOS/c1-11-7-9-12(10-8-11)14(21)20-15(16(17,18)19)22-13-5-3-2-4-6-13/h2-10,15H,1H3,(H,20,21)/t15-/m0/s1. The van der Waals surface area contributed by atoms with E-state index in [0.29, 0.717) is 5.56 Å². The van der Waals surface area contributed by atoms with Crippen molar-refractivity contribution in [2.75, 3.05) is 0 Å². The summed E-state index contributed by atoms with van der Waals surface area (Å²) in [4.78, 5) is 13.2. The van der Waals surface area contributed by atoms with Gasteiger partial charge < -0.3 is 5.32 Å². The van der Waals surface area contributed by atoms with Crippen molar-refractivity contribution < 1.29 is 4.79 Å². The Morgan fingerprint density at radius 3 is 2.18 bits per heavy atom. The van der Waals surface area contributed by atoms with E-state index in [-0.39, 0.29) is 5.91 Å². The van der Waals surface area contributed by atoms with Gasteiger partial charge >= 0.3 is 0 Å². The van der Waals surface area contributed by atoms with E-state index in [0.717, 1.165) is 10.5 Å². The fourth-order valence-corrected chi connectivity index (χ4v) is 3.17. The molecule has 0 unspecified atom stereocenters. The third-order valence-electron chi connectivity index (χ3n) is 2.87. The molecule has 1 atom stereocenters. The van der Waals surface area contributed by atoms with Crippen LogP contribution in [0.3, 0.4) is 0 Å². The Balaban J connectivity index is 2.13. The molecule has 116 valence electrons. The van der Waals surface area contributed by atoms with Crippen LogP contribution in [0, 0.1) is 6.92 Å². The van der Waals surface area contributed by atoms with E-state index >= 15 is 0 Å². The minimum Gasteiger partial charge on any atom is -0.336 e. The highest BCUT2D eigenvalue weighted by atomic mass is 35.6. The molecular formula is C16H14Cl3NOS. The normalized spacial score (nSPS) is 12.7. The minimum absolute atomic E-state index is 0.278. The van der Waals surface area contributed by atoms with Crippen molar-refractivity contribution >= 4 is 52.5 Å². The first-order valence-corrected chi connectivity index (χ1v) is 8.53. The molecule has 1 N–H and O–H groups in total. The van der Waals surface area contributed by atoms with Gasteiger partial charge in [-0.2, -0.15) is 0 Å². The molecule has 0 radical (unpaired) electrons. The number of carbonyl (C=O) groups excluding carboxylic acids is 1. The Morgan fingerprint density at radius 1 is 1.05 bits per heavy atom. The van der Waals surface area contributed by atoms with Crippen LogP contribution in [0.1, 0.15) is 15.9 Å². The summed E-state index contributed by atoms with van der Waals surface area (Å²) in [6.07, 6.45) is 0. The number of benzene rings is 2. The van der Waals surface area contributed by atoms with Crippen molar-refractivity contribution in [3.05, 3.63) is 65.7 Å². The van der Waals surface area contributed by atoms with Gasteiger partial charge in [0.1, 0.15) is 5.37 Å². The van der Waals surface area contributed by atoms with Gasteiger partial charge in [-0.3, -0.25) is 4.79 Å². The van der Waals surface area contributed by atoms with Crippen LogP contribution in [0.15, 0.2) is 59.5 Å². The second-order valence-corrected chi connectivity index (χ2v) is 8.24. The highest BCUT2D eigenvalue weighted by Gasteiger charge is 2.35. The lowest BCUT2D eigenvalue weighted by atomic mass is 10.1. The molecule has 2 aromatic rings. The average molecular weight is 375 g/mol. The third-order valence-corrected chi connectivity index (χ3v) is 5.16. The fraction of sp³-hybridized carbons (Fsp3) is 0.188. The van der Waals surface area contributed by atoms with Crippen molar-refractivity contribution in [2.24, 2.45) is 0 Å². The molecule has 2 rings (SSSR count). The van der Waals surface area contributed by atoms with E-state index in [1.54, 1.807) is 12.1 Å². The lowest BCUT2D eigenvalue weighted by molar-refractivity contribution is 0.0950. The zero-order valence-corrected chi connectivity index (χ0v) is 14.8. The first kappa shape index (κ1) is 17.5. The molecule has 22 heavy (non-hydrogen) atoms. The summed E-state index contributed by atoms with van der Waals surface area (Å²) in [6.45, 7) is 1.96. The number of nitrogens with one attached hydrogen (secondary N) is 1. The molecule has 0 fully saturated rings. The van der Waals surface area contributed by atoms with Crippen molar-refractivity contribution in [1.82, 2.24) is 5.32 Å². The summed E-state index contributed by atoms with van der Waals surface area (Å²) >= 11 is 19.3. The Labute approximate surface area is 149 Å². The van der Waals surface area contributed by atoms with Crippen molar-refractivity contribution in [3.63, 3.8) is 0 Å². The van der Waals surface area contributed by atoms with Gasteiger partial charge in [0.05, 0.1) is 0 Å². The fourth-order valence-electron chi connectivity index (χ4n) is 1.72. The number of hydrogen-bond donors (Lipinski definition) is 1. The molecule has 6 heteroatoms. The molecule has 0 aliphatic rings. The van der Waals surface area contributed by atoms with Crippen LogP contribution in [-0.2, 0) is 0 Å². The minimum atomic E-state index is -1.62. The number of halogens is 3. The van der Waals surface area contributed by atoms with Crippen LogP contribution in [0.5, 0.6) is 0 Å². The van der Waals surface area contributed by atoms with Gasteiger partial charge in [-0.1, -0.05) is 82.5 Å². The maximum Gasteiger partial charge on any atom is 0.252 e. The highest BCUT2D eigenvalue weighted by molar-refractivity contribution is 8.00. The molecule has 0 aliphatic heterocycles. The summed E-state index contributed by atoms with van der Waals surface area (Å²) in [5, 5.41) is 2.07. The van der Waals surface area contributed by atoms with Crippen LogP contribution in [0.2, 0.25) is 0 Å². The van der Waals surface area contributed by atoms with Gasteiger partial charge in [-0.05, 0) is 31.2 Å². The van der Waals surface area contributed by atoms with Gasteiger partial charge in [0.2, 0.25) is 3.79 Å². The summed E-state index contributed by atoms with van der Waals surface area (Å²) in [7, 11) is 0. The molecule has 0 aliphatic carbocycles. The van der Waals surface area contributed by atoms with Gasteiger partial charge in [0.15, 0.2) is 0 Å². The van der Waals surface area contributed by atoms with Gasteiger partial charge in [-0.15, -0.1) is 0 Å². The summed E-state index contributed by atoms with van der Waals surface area (Å²) in [5.41, 5.74) is 1.60.